The molecule has 1 N–H and O–H groups in total. The zero-order chi connectivity index (χ0) is 25.7. The summed E-state index contributed by atoms with van der Waals surface area (Å²) in [5, 5.41) is 10.4. The van der Waals surface area contributed by atoms with Gasteiger partial charge in [0.1, 0.15) is 23.2 Å². The highest BCUT2D eigenvalue weighted by Gasteiger charge is 2.76. The van der Waals surface area contributed by atoms with E-state index in [-0.39, 0.29) is 37.0 Å². The molecule has 3 fully saturated rings. The number of aliphatic hydroxyl groups excluding tert-OH is 1. The van der Waals surface area contributed by atoms with Crippen LogP contribution in [0.5, 0.6) is 0 Å². The van der Waals surface area contributed by atoms with E-state index in [1.54, 1.807) is 4.90 Å². The summed E-state index contributed by atoms with van der Waals surface area (Å²) in [6.07, 6.45) is 14.0. The molecule has 5 rings (SSSR count). The van der Waals surface area contributed by atoms with E-state index in [0.717, 1.165) is 25.7 Å². The van der Waals surface area contributed by atoms with Gasteiger partial charge in [0.25, 0.3) is 0 Å². The van der Waals surface area contributed by atoms with Crippen LogP contribution >= 0.6 is 0 Å². The minimum atomic E-state index is -1.30. The molecule has 198 valence electrons. The number of carbonyl (C=O) groups is 3. The van der Waals surface area contributed by atoms with Crippen LogP contribution in [0.2, 0.25) is 0 Å². The molecule has 0 bridgehead atoms. The number of amides is 2. The molecular formula is C28H40N2O6. The van der Waals surface area contributed by atoms with Crippen LogP contribution in [-0.4, -0.2) is 81.8 Å². The Labute approximate surface area is 213 Å². The first kappa shape index (κ1) is 25.5. The maximum absolute atomic E-state index is 14.5. The summed E-state index contributed by atoms with van der Waals surface area (Å²) >= 11 is 0. The first-order valence-corrected chi connectivity index (χ1v) is 13.8. The zero-order valence-corrected chi connectivity index (χ0v) is 21.7. The second kappa shape index (κ2) is 9.60. The fourth-order valence-corrected chi connectivity index (χ4v) is 7.38. The summed E-state index contributed by atoms with van der Waals surface area (Å²) in [4.78, 5) is 45.8. The fraction of sp³-hybridized carbons (Fsp3) is 0.750. The third kappa shape index (κ3) is 3.66. The van der Waals surface area contributed by atoms with Crippen LogP contribution in [0.15, 0.2) is 24.3 Å². The molecule has 1 spiro atoms. The smallest absolute Gasteiger partial charge is 0.313 e. The topological polar surface area (TPSA) is 96.4 Å². The number of hydrogen-bond acceptors (Lipinski definition) is 6. The van der Waals surface area contributed by atoms with Crippen LogP contribution in [0.1, 0.15) is 65.7 Å². The van der Waals surface area contributed by atoms with Crippen molar-refractivity contribution in [1.29, 1.82) is 0 Å². The second-order valence-electron chi connectivity index (χ2n) is 11.4. The van der Waals surface area contributed by atoms with E-state index in [1.165, 1.54) is 6.42 Å². The molecule has 2 amide bonds. The van der Waals surface area contributed by atoms with Gasteiger partial charge in [0.05, 0.1) is 25.2 Å². The van der Waals surface area contributed by atoms with Gasteiger partial charge in [-0.1, -0.05) is 64.3 Å². The standard InChI is InChI=1S/C28H40N2O6/c1-4-27-13-8-9-16-35-26(34)22(27)21-24(32)30(20(17-31)18(2)3)23-25(33)29(19-11-6-5-7-12-19)15-10-14-28(21,23)36-27/h8,10,13-14,18-23,31H,4-7,9,11-12,15-17H2,1-3H3/t20-,21-,22+,23?,27-,28-/m0/s1. The van der Waals surface area contributed by atoms with Crippen molar-refractivity contribution in [1.82, 2.24) is 9.80 Å². The number of rotatable bonds is 5. The van der Waals surface area contributed by atoms with Crippen molar-refractivity contribution in [3.8, 4) is 0 Å². The molecule has 1 aliphatic carbocycles. The van der Waals surface area contributed by atoms with Gasteiger partial charge >= 0.3 is 5.97 Å². The van der Waals surface area contributed by atoms with Crippen molar-refractivity contribution >= 4 is 17.8 Å². The Bertz CT molecular complexity index is 956. The SMILES string of the molecule is CC[C@]12C=CCCOC(=O)[C@H]1[C@H]1C(=O)N([C@@H](CO)C(C)C)C3C(=O)N(C4CCCCC4)CC=C[C@@]31O2. The summed E-state index contributed by atoms with van der Waals surface area (Å²) in [5.41, 5.74) is -2.33. The lowest BCUT2D eigenvalue weighted by Crippen LogP contribution is -2.61. The number of carbonyl (C=O) groups excluding carboxylic acids is 3. The number of aliphatic hydroxyl groups is 1. The van der Waals surface area contributed by atoms with Crippen LogP contribution in [0.3, 0.4) is 0 Å². The van der Waals surface area contributed by atoms with Gasteiger partial charge in [-0.25, -0.2) is 0 Å². The zero-order valence-electron chi connectivity index (χ0n) is 21.7. The van der Waals surface area contributed by atoms with Crippen molar-refractivity contribution < 1.29 is 29.0 Å². The molecule has 1 unspecified atom stereocenters. The van der Waals surface area contributed by atoms with Gasteiger partial charge in [-0.15, -0.1) is 0 Å². The second-order valence-corrected chi connectivity index (χ2v) is 11.4. The van der Waals surface area contributed by atoms with Gasteiger partial charge in [-0.2, -0.15) is 0 Å². The predicted molar refractivity (Wildman–Crippen MR) is 133 cm³/mol. The highest BCUT2D eigenvalue weighted by molar-refractivity contribution is 5.99. The Morgan fingerprint density at radius 1 is 1.06 bits per heavy atom. The van der Waals surface area contributed by atoms with Gasteiger partial charge in [-0.05, 0) is 31.6 Å². The molecule has 8 nitrogen and oxygen atoms in total. The van der Waals surface area contributed by atoms with Gasteiger partial charge in [0.2, 0.25) is 11.8 Å². The van der Waals surface area contributed by atoms with E-state index in [2.05, 4.69) is 0 Å². The minimum Gasteiger partial charge on any atom is -0.465 e. The Morgan fingerprint density at radius 3 is 2.47 bits per heavy atom. The Hall–Kier alpha value is -2.19. The number of hydrogen-bond donors (Lipinski definition) is 1. The average Bonchev–Trinajstić information content (AvgIpc) is 3.21. The average molecular weight is 501 g/mol. The summed E-state index contributed by atoms with van der Waals surface area (Å²) in [7, 11) is 0. The van der Waals surface area contributed by atoms with Crippen molar-refractivity contribution in [2.24, 2.45) is 17.8 Å². The van der Waals surface area contributed by atoms with E-state index in [1.807, 2.05) is 50.0 Å². The molecule has 5 aliphatic rings. The molecule has 6 atom stereocenters. The molecule has 0 radical (unpaired) electrons. The monoisotopic (exact) mass is 500 g/mol. The maximum Gasteiger partial charge on any atom is 0.313 e. The van der Waals surface area contributed by atoms with Crippen molar-refractivity contribution in [2.45, 2.75) is 95.0 Å². The number of nitrogens with zero attached hydrogens (tertiary/aromatic N) is 2. The van der Waals surface area contributed by atoms with Crippen LogP contribution in [-0.2, 0) is 23.9 Å². The van der Waals surface area contributed by atoms with Gasteiger partial charge < -0.3 is 24.4 Å². The molecule has 0 aromatic rings. The molecule has 4 heterocycles. The number of fused-ring (bicyclic) bond motifs is 2. The number of likely N-dealkylation sites (tertiary alicyclic amines) is 1. The van der Waals surface area contributed by atoms with Gasteiger partial charge in [0.15, 0.2) is 0 Å². The van der Waals surface area contributed by atoms with Crippen molar-refractivity contribution in [2.75, 3.05) is 19.8 Å². The van der Waals surface area contributed by atoms with Gasteiger partial charge in [-0.3, -0.25) is 14.4 Å². The molecule has 0 aromatic heterocycles. The fourth-order valence-electron chi connectivity index (χ4n) is 7.38. The Morgan fingerprint density at radius 2 is 1.81 bits per heavy atom. The highest BCUT2D eigenvalue weighted by Crippen LogP contribution is 2.59. The van der Waals surface area contributed by atoms with Crippen LogP contribution in [0.25, 0.3) is 0 Å². The third-order valence-corrected chi connectivity index (χ3v) is 9.20. The van der Waals surface area contributed by atoms with Crippen LogP contribution in [0.4, 0.5) is 0 Å². The lowest BCUT2D eigenvalue weighted by atomic mass is 9.73. The molecule has 8 heteroatoms. The van der Waals surface area contributed by atoms with Crippen molar-refractivity contribution in [3.05, 3.63) is 24.3 Å². The quantitative estimate of drug-likeness (QED) is 0.461. The van der Waals surface area contributed by atoms with Crippen LogP contribution in [0, 0.1) is 17.8 Å². The van der Waals surface area contributed by atoms with E-state index in [9.17, 15) is 19.5 Å². The van der Waals surface area contributed by atoms with Crippen molar-refractivity contribution in [3.63, 3.8) is 0 Å². The summed E-state index contributed by atoms with van der Waals surface area (Å²) in [5.74, 6) is -2.72. The summed E-state index contributed by atoms with van der Waals surface area (Å²) in [6.45, 7) is 6.26. The number of cyclic esters (lactones) is 1. The molecule has 4 aliphatic heterocycles. The van der Waals surface area contributed by atoms with E-state index in [0.29, 0.717) is 19.4 Å². The predicted octanol–water partition coefficient (Wildman–Crippen LogP) is 2.60. The molecule has 36 heavy (non-hydrogen) atoms. The Balaban J connectivity index is 1.67. The van der Waals surface area contributed by atoms with Gasteiger partial charge in [0, 0.05) is 12.6 Å². The normalized spacial score (nSPS) is 37.8. The maximum atomic E-state index is 14.5. The lowest BCUT2D eigenvalue weighted by Gasteiger charge is -2.43. The number of ether oxygens (including phenoxy) is 2. The van der Waals surface area contributed by atoms with Crippen LogP contribution < -0.4 is 0 Å². The molecular weight excluding hydrogens is 460 g/mol. The largest absolute Gasteiger partial charge is 0.465 e. The molecule has 2 saturated heterocycles. The minimum absolute atomic E-state index is 0.0851. The number of esters is 1. The van der Waals surface area contributed by atoms with E-state index >= 15 is 0 Å². The third-order valence-electron chi connectivity index (χ3n) is 9.20. The van der Waals surface area contributed by atoms with E-state index in [4.69, 9.17) is 9.47 Å². The summed E-state index contributed by atoms with van der Waals surface area (Å²) in [6, 6.07) is -1.38. The Kier molecular flexibility index (Phi) is 6.79. The highest BCUT2D eigenvalue weighted by atomic mass is 16.6. The molecule has 1 saturated carbocycles. The first-order chi connectivity index (χ1) is 17.3. The molecule has 0 aromatic carbocycles. The summed E-state index contributed by atoms with van der Waals surface area (Å²) < 4.78 is 12.5. The van der Waals surface area contributed by atoms with E-state index < -0.39 is 41.1 Å². The lowest BCUT2D eigenvalue weighted by molar-refractivity contribution is -0.165. The first-order valence-electron chi connectivity index (χ1n) is 13.8.